The number of hydrogen-bond donors (Lipinski definition) is 1. The minimum atomic E-state index is -2.35. The zero-order valence-corrected chi connectivity index (χ0v) is 13.3. The Hall–Kier alpha value is -0.220. The van der Waals surface area contributed by atoms with Crippen LogP contribution in [0.25, 0.3) is 0 Å². The molecule has 4 heteroatoms. The summed E-state index contributed by atoms with van der Waals surface area (Å²) in [5.74, 6) is 0. The SMILES string of the molecule is CCCCCCCCCCC(CCOCC(F)F)NC. The number of rotatable bonds is 15. The third kappa shape index (κ3) is 14.2. The molecule has 0 aliphatic rings. The number of hydrogen-bond acceptors (Lipinski definition) is 2. The monoisotopic (exact) mass is 293 g/mol. The molecule has 0 amide bonds. The first-order chi connectivity index (χ1) is 9.70. The molecule has 1 unspecified atom stereocenters. The van der Waals surface area contributed by atoms with Gasteiger partial charge in [0.05, 0.1) is 0 Å². The van der Waals surface area contributed by atoms with E-state index in [0.717, 1.165) is 12.8 Å². The molecular formula is C16H33F2NO. The second-order valence-corrected chi connectivity index (χ2v) is 5.50. The summed E-state index contributed by atoms with van der Waals surface area (Å²) in [6.07, 6.45) is 10.2. The lowest BCUT2D eigenvalue weighted by Gasteiger charge is -2.16. The Bertz CT molecular complexity index is 191. The van der Waals surface area contributed by atoms with Gasteiger partial charge >= 0.3 is 0 Å². The molecule has 0 bridgehead atoms. The molecule has 1 N–H and O–H groups in total. The highest BCUT2D eigenvalue weighted by molar-refractivity contribution is 4.64. The maximum atomic E-state index is 11.9. The van der Waals surface area contributed by atoms with Crippen LogP contribution in [0, 0.1) is 0 Å². The second-order valence-electron chi connectivity index (χ2n) is 5.50. The van der Waals surface area contributed by atoms with Crippen LogP contribution in [-0.2, 0) is 4.74 Å². The molecule has 0 aliphatic heterocycles. The van der Waals surface area contributed by atoms with Crippen LogP contribution in [0.1, 0.15) is 71.1 Å². The Morgan fingerprint density at radius 2 is 1.50 bits per heavy atom. The maximum absolute atomic E-state index is 11.9. The van der Waals surface area contributed by atoms with Crippen molar-refractivity contribution in [3.8, 4) is 0 Å². The number of nitrogens with one attached hydrogen (secondary N) is 1. The molecule has 0 aromatic carbocycles. The lowest BCUT2D eigenvalue weighted by Crippen LogP contribution is -2.27. The summed E-state index contributed by atoms with van der Waals surface area (Å²) in [6, 6.07) is 0.396. The van der Waals surface area contributed by atoms with E-state index in [9.17, 15) is 8.78 Å². The molecule has 0 fully saturated rings. The molecule has 0 aromatic rings. The average Bonchev–Trinajstić information content (AvgIpc) is 2.43. The van der Waals surface area contributed by atoms with Crippen molar-refractivity contribution < 1.29 is 13.5 Å². The first-order valence-electron chi connectivity index (χ1n) is 8.23. The zero-order chi connectivity index (χ0) is 15.1. The van der Waals surface area contributed by atoms with Crippen molar-refractivity contribution in [2.45, 2.75) is 83.6 Å². The molecule has 2 nitrogen and oxygen atoms in total. The molecule has 20 heavy (non-hydrogen) atoms. The first kappa shape index (κ1) is 19.8. The fourth-order valence-corrected chi connectivity index (χ4v) is 2.36. The molecule has 0 rings (SSSR count). The van der Waals surface area contributed by atoms with E-state index in [-0.39, 0.29) is 0 Å². The number of halogens is 2. The van der Waals surface area contributed by atoms with Gasteiger partial charge in [-0.05, 0) is 19.9 Å². The Labute approximate surface area is 123 Å². The quantitative estimate of drug-likeness (QED) is 0.439. The molecule has 0 heterocycles. The lowest BCUT2D eigenvalue weighted by molar-refractivity contribution is 0.0143. The van der Waals surface area contributed by atoms with E-state index in [1.807, 2.05) is 7.05 Å². The van der Waals surface area contributed by atoms with E-state index in [2.05, 4.69) is 12.2 Å². The Morgan fingerprint density at radius 1 is 0.900 bits per heavy atom. The molecule has 0 saturated carbocycles. The highest BCUT2D eigenvalue weighted by atomic mass is 19.3. The van der Waals surface area contributed by atoms with Gasteiger partial charge in [0.1, 0.15) is 6.61 Å². The molecule has 0 radical (unpaired) electrons. The van der Waals surface area contributed by atoms with E-state index in [1.54, 1.807) is 0 Å². The lowest BCUT2D eigenvalue weighted by atomic mass is 10.0. The maximum Gasteiger partial charge on any atom is 0.261 e. The second kappa shape index (κ2) is 15.2. The van der Waals surface area contributed by atoms with E-state index in [4.69, 9.17) is 4.74 Å². The fourth-order valence-electron chi connectivity index (χ4n) is 2.36. The van der Waals surface area contributed by atoms with Crippen LogP contribution < -0.4 is 5.32 Å². The van der Waals surface area contributed by atoms with Crippen molar-refractivity contribution in [2.24, 2.45) is 0 Å². The number of ether oxygens (including phenoxy) is 1. The summed E-state index contributed by atoms with van der Waals surface area (Å²) in [6.45, 7) is 2.23. The van der Waals surface area contributed by atoms with Crippen molar-refractivity contribution in [2.75, 3.05) is 20.3 Å². The van der Waals surface area contributed by atoms with Crippen LogP contribution in [0.15, 0.2) is 0 Å². The minimum absolute atomic E-state index is 0.396. The van der Waals surface area contributed by atoms with Crippen molar-refractivity contribution in [3.63, 3.8) is 0 Å². The highest BCUT2D eigenvalue weighted by Crippen LogP contribution is 2.11. The molecule has 0 saturated heterocycles. The Morgan fingerprint density at radius 3 is 2.05 bits per heavy atom. The zero-order valence-electron chi connectivity index (χ0n) is 13.3. The van der Waals surface area contributed by atoms with Crippen LogP contribution in [0.4, 0.5) is 8.78 Å². The number of alkyl halides is 2. The van der Waals surface area contributed by atoms with Crippen LogP contribution in [-0.4, -0.2) is 32.7 Å². The van der Waals surface area contributed by atoms with Gasteiger partial charge in [-0.25, -0.2) is 8.78 Å². The van der Waals surface area contributed by atoms with Crippen LogP contribution in [0.2, 0.25) is 0 Å². The summed E-state index contributed by atoms with van der Waals surface area (Å²) < 4.78 is 28.7. The topological polar surface area (TPSA) is 21.3 Å². The standard InChI is InChI=1S/C16H33F2NO/c1-3-4-5-6-7-8-9-10-11-15(19-2)12-13-20-14-16(17)18/h15-16,19H,3-14H2,1-2H3. The van der Waals surface area contributed by atoms with Crippen LogP contribution in [0.5, 0.6) is 0 Å². The van der Waals surface area contributed by atoms with Gasteiger partial charge in [-0.1, -0.05) is 58.3 Å². The highest BCUT2D eigenvalue weighted by Gasteiger charge is 2.07. The van der Waals surface area contributed by atoms with Crippen LogP contribution in [0.3, 0.4) is 0 Å². The molecule has 0 aliphatic carbocycles. The minimum Gasteiger partial charge on any atom is -0.375 e. The van der Waals surface area contributed by atoms with Crippen molar-refractivity contribution in [1.82, 2.24) is 5.32 Å². The van der Waals surface area contributed by atoms with Crippen molar-refractivity contribution in [1.29, 1.82) is 0 Å². The van der Waals surface area contributed by atoms with Gasteiger partial charge in [-0.3, -0.25) is 0 Å². The number of unbranched alkanes of at least 4 members (excludes halogenated alkanes) is 7. The van der Waals surface area contributed by atoms with Gasteiger partial charge in [-0.2, -0.15) is 0 Å². The van der Waals surface area contributed by atoms with Gasteiger partial charge in [0.25, 0.3) is 6.43 Å². The predicted molar refractivity (Wildman–Crippen MR) is 81.5 cm³/mol. The first-order valence-corrected chi connectivity index (χ1v) is 8.23. The Balaban J connectivity index is 3.32. The van der Waals surface area contributed by atoms with Gasteiger partial charge in [-0.15, -0.1) is 0 Å². The molecule has 1 atom stereocenters. The van der Waals surface area contributed by atoms with Gasteiger partial charge in [0.15, 0.2) is 0 Å². The van der Waals surface area contributed by atoms with Gasteiger partial charge < -0.3 is 10.1 Å². The third-order valence-corrected chi connectivity index (χ3v) is 3.67. The summed E-state index contributed by atoms with van der Waals surface area (Å²) in [7, 11) is 1.93. The smallest absolute Gasteiger partial charge is 0.261 e. The van der Waals surface area contributed by atoms with Gasteiger partial charge in [0.2, 0.25) is 0 Å². The van der Waals surface area contributed by atoms with E-state index >= 15 is 0 Å². The van der Waals surface area contributed by atoms with Crippen LogP contribution >= 0.6 is 0 Å². The Kier molecular flexibility index (Phi) is 15.0. The average molecular weight is 293 g/mol. The van der Waals surface area contributed by atoms with E-state index in [1.165, 1.54) is 51.4 Å². The molecule has 0 aromatic heterocycles. The normalized spacial score (nSPS) is 13.1. The molecule has 0 spiro atoms. The molecular weight excluding hydrogens is 260 g/mol. The summed E-state index contributed by atoms with van der Waals surface area (Å²) >= 11 is 0. The predicted octanol–water partition coefficient (Wildman–Crippen LogP) is 4.78. The third-order valence-electron chi connectivity index (χ3n) is 3.67. The van der Waals surface area contributed by atoms with Crippen molar-refractivity contribution >= 4 is 0 Å². The summed E-state index contributed by atoms with van der Waals surface area (Å²) in [4.78, 5) is 0. The largest absolute Gasteiger partial charge is 0.375 e. The van der Waals surface area contributed by atoms with E-state index < -0.39 is 13.0 Å². The summed E-state index contributed by atoms with van der Waals surface area (Å²) in [5.41, 5.74) is 0. The summed E-state index contributed by atoms with van der Waals surface area (Å²) in [5, 5.41) is 3.24. The fraction of sp³-hybridized carbons (Fsp3) is 1.00. The van der Waals surface area contributed by atoms with Crippen molar-refractivity contribution in [3.05, 3.63) is 0 Å². The molecule has 122 valence electrons. The van der Waals surface area contributed by atoms with Gasteiger partial charge in [0, 0.05) is 12.6 Å². The van der Waals surface area contributed by atoms with E-state index in [0.29, 0.717) is 12.6 Å².